The van der Waals surface area contributed by atoms with Gasteiger partial charge < -0.3 is 5.73 Å². The maximum atomic E-state index is 13.4. The van der Waals surface area contributed by atoms with Gasteiger partial charge in [-0.15, -0.1) is 11.8 Å². The second-order valence-corrected chi connectivity index (χ2v) is 4.96. The topological polar surface area (TPSA) is 26.0 Å². The van der Waals surface area contributed by atoms with E-state index in [1.165, 1.54) is 23.9 Å². The molecule has 0 saturated carbocycles. The van der Waals surface area contributed by atoms with Gasteiger partial charge in [-0.1, -0.05) is 30.3 Å². The van der Waals surface area contributed by atoms with Crippen molar-refractivity contribution in [2.75, 3.05) is 5.75 Å². The van der Waals surface area contributed by atoms with Crippen LogP contribution in [0.5, 0.6) is 0 Å². The van der Waals surface area contributed by atoms with Crippen molar-refractivity contribution in [2.45, 2.75) is 10.9 Å². The van der Waals surface area contributed by atoms with Gasteiger partial charge in [0.05, 0.1) is 0 Å². The molecule has 94 valence electrons. The Morgan fingerprint density at radius 2 is 1.78 bits per heavy atom. The summed E-state index contributed by atoms with van der Waals surface area (Å²) in [7, 11) is 0. The van der Waals surface area contributed by atoms with E-state index in [0.717, 1.165) is 11.6 Å². The molecule has 0 aliphatic heterocycles. The Hall–Kier alpha value is -1.39. The van der Waals surface area contributed by atoms with Gasteiger partial charge in [-0.05, 0) is 17.7 Å². The van der Waals surface area contributed by atoms with Gasteiger partial charge in [-0.3, -0.25) is 0 Å². The van der Waals surface area contributed by atoms with E-state index in [4.69, 9.17) is 5.73 Å². The van der Waals surface area contributed by atoms with E-state index in [-0.39, 0.29) is 6.04 Å². The summed E-state index contributed by atoms with van der Waals surface area (Å²) in [5.74, 6) is -0.559. The molecule has 0 amide bonds. The van der Waals surface area contributed by atoms with Gasteiger partial charge in [0.15, 0.2) is 0 Å². The van der Waals surface area contributed by atoms with Gasteiger partial charge in [0, 0.05) is 22.8 Å². The first kappa shape index (κ1) is 13.1. The van der Waals surface area contributed by atoms with Crippen molar-refractivity contribution in [2.24, 2.45) is 5.73 Å². The first-order valence-electron chi connectivity index (χ1n) is 5.55. The highest BCUT2D eigenvalue weighted by atomic mass is 32.2. The molecule has 2 aromatic carbocycles. The smallest absolute Gasteiger partial charge is 0.139 e. The highest BCUT2D eigenvalue weighted by Gasteiger charge is 2.09. The Morgan fingerprint density at radius 3 is 2.44 bits per heavy atom. The molecule has 1 unspecified atom stereocenters. The molecule has 0 aliphatic rings. The number of rotatable bonds is 4. The molecule has 0 bridgehead atoms. The molecule has 0 heterocycles. The quantitative estimate of drug-likeness (QED) is 0.852. The molecule has 0 fully saturated rings. The molecule has 4 heteroatoms. The summed E-state index contributed by atoms with van der Waals surface area (Å²) in [6, 6.07) is 13.0. The molecule has 18 heavy (non-hydrogen) atoms. The Kier molecular flexibility index (Phi) is 4.33. The lowest BCUT2D eigenvalue weighted by Gasteiger charge is -2.11. The van der Waals surface area contributed by atoms with Crippen LogP contribution >= 0.6 is 11.8 Å². The number of benzene rings is 2. The molecule has 0 aromatic heterocycles. The molecular formula is C14H13F2NS. The predicted molar refractivity (Wildman–Crippen MR) is 70.5 cm³/mol. The summed E-state index contributed by atoms with van der Waals surface area (Å²) in [4.78, 5) is 0.419. The third-order valence-electron chi connectivity index (χ3n) is 2.54. The number of hydrogen-bond acceptors (Lipinski definition) is 2. The lowest BCUT2D eigenvalue weighted by atomic mass is 10.1. The van der Waals surface area contributed by atoms with Gasteiger partial charge in [0.25, 0.3) is 0 Å². The molecule has 0 saturated heterocycles. The second kappa shape index (κ2) is 5.98. The van der Waals surface area contributed by atoms with Crippen LogP contribution in [0.3, 0.4) is 0 Å². The van der Waals surface area contributed by atoms with Crippen LogP contribution < -0.4 is 5.73 Å². The van der Waals surface area contributed by atoms with E-state index >= 15 is 0 Å². The van der Waals surface area contributed by atoms with E-state index in [1.807, 2.05) is 30.3 Å². The van der Waals surface area contributed by atoms with Crippen molar-refractivity contribution >= 4 is 11.8 Å². The van der Waals surface area contributed by atoms with Crippen LogP contribution in [0.4, 0.5) is 8.78 Å². The largest absolute Gasteiger partial charge is 0.323 e. The number of halogens is 2. The van der Waals surface area contributed by atoms with Crippen molar-refractivity contribution in [1.29, 1.82) is 0 Å². The van der Waals surface area contributed by atoms with Crippen molar-refractivity contribution in [1.82, 2.24) is 0 Å². The van der Waals surface area contributed by atoms with Crippen LogP contribution in [0.15, 0.2) is 53.4 Å². The van der Waals surface area contributed by atoms with E-state index < -0.39 is 11.6 Å². The first-order valence-corrected chi connectivity index (χ1v) is 6.54. The summed E-state index contributed by atoms with van der Waals surface area (Å²) in [6.07, 6.45) is 0. The van der Waals surface area contributed by atoms with Crippen LogP contribution in [-0.4, -0.2) is 5.75 Å². The van der Waals surface area contributed by atoms with Gasteiger partial charge in [-0.2, -0.15) is 0 Å². The summed E-state index contributed by atoms with van der Waals surface area (Å²) in [5, 5.41) is 0. The fourth-order valence-electron chi connectivity index (χ4n) is 1.57. The second-order valence-electron chi connectivity index (χ2n) is 3.90. The molecule has 1 nitrogen and oxygen atoms in total. The number of hydrogen-bond donors (Lipinski definition) is 1. The zero-order chi connectivity index (χ0) is 13.0. The molecule has 2 rings (SSSR count). The molecule has 2 aromatic rings. The summed E-state index contributed by atoms with van der Waals surface area (Å²) in [6.45, 7) is 0. The monoisotopic (exact) mass is 265 g/mol. The minimum Gasteiger partial charge on any atom is -0.323 e. The van der Waals surface area contributed by atoms with E-state index in [1.54, 1.807) is 0 Å². The van der Waals surface area contributed by atoms with E-state index in [0.29, 0.717) is 10.6 Å². The molecule has 0 radical (unpaired) electrons. The average molecular weight is 265 g/mol. The van der Waals surface area contributed by atoms with Crippen molar-refractivity contribution in [3.8, 4) is 0 Å². The molecule has 0 aliphatic carbocycles. The van der Waals surface area contributed by atoms with Gasteiger partial charge in [0.1, 0.15) is 11.6 Å². The third-order valence-corrected chi connectivity index (χ3v) is 3.71. The Morgan fingerprint density at radius 1 is 1.06 bits per heavy atom. The Bertz CT molecular complexity index is 516. The van der Waals surface area contributed by atoms with Gasteiger partial charge in [0.2, 0.25) is 0 Å². The Balaban J connectivity index is 1.99. The molecule has 2 N–H and O–H groups in total. The normalized spacial score (nSPS) is 12.4. The highest BCUT2D eigenvalue weighted by molar-refractivity contribution is 7.99. The SMILES string of the molecule is NC(CSc1ccc(F)cc1F)c1ccccc1. The lowest BCUT2D eigenvalue weighted by molar-refractivity contribution is 0.565. The van der Waals surface area contributed by atoms with Crippen LogP contribution in [0.2, 0.25) is 0 Å². The summed E-state index contributed by atoms with van der Waals surface area (Å²) in [5.41, 5.74) is 7.01. The van der Waals surface area contributed by atoms with Crippen LogP contribution in [0, 0.1) is 11.6 Å². The van der Waals surface area contributed by atoms with E-state index in [2.05, 4.69) is 0 Å². The number of thioether (sulfide) groups is 1. The Labute approximate surface area is 109 Å². The fourth-order valence-corrected chi connectivity index (χ4v) is 2.48. The van der Waals surface area contributed by atoms with Gasteiger partial charge >= 0.3 is 0 Å². The zero-order valence-electron chi connectivity index (χ0n) is 9.64. The predicted octanol–water partition coefficient (Wildman–Crippen LogP) is 3.76. The summed E-state index contributed by atoms with van der Waals surface area (Å²) < 4.78 is 26.1. The minimum absolute atomic E-state index is 0.166. The standard InChI is InChI=1S/C14H13F2NS/c15-11-6-7-14(12(16)8-11)18-9-13(17)10-4-2-1-3-5-10/h1-8,13H,9,17H2. The molecule has 1 atom stereocenters. The summed E-state index contributed by atoms with van der Waals surface area (Å²) >= 11 is 1.29. The van der Waals surface area contributed by atoms with Crippen LogP contribution in [-0.2, 0) is 0 Å². The maximum Gasteiger partial charge on any atom is 0.139 e. The average Bonchev–Trinajstić information content (AvgIpc) is 2.38. The van der Waals surface area contributed by atoms with Crippen LogP contribution in [0.1, 0.15) is 11.6 Å². The van der Waals surface area contributed by atoms with Crippen molar-refractivity contribution in [3.63, 3.8) is 0 Å². The fraction of sp³-hybridized carbons (Fsp3) is 0.143. The first-order chi connectivity index (χ1) is 8.66. The number of nitrogens with two attached hydrogens (primary N) is 1. The highest BCUT2D eigenvalue weighted by Crippen LogP contribution is 2.26. The maximum absolute atomic E-state index is 13.4. The van der Waals surface area contributed by atoms with Crippen molar-refractivity contribution < 1.29 is 8.78 Å². The molecule has 0 spiro atoms. The minimum atomic E-state index is -0.566. The molecular weight excluding hydrogens is 252 g/mol. The lowest BCUT2D eigenvalue weighted by Crippen LogP contribution is -2.12. The van der Waals surface area contributed by atoms with Gasteiger partial charge in [-0.25, -0.2) is 8.78 Å². The zero-order valence-corrected chi connectivity index (χ0v) is 10.5. The van der Waals surface area contributed by atoms with Crippen LogP contribution in [0.25, 0.3) is 0 Å². The third kappa shape index (κ3) is 3.31. The van der Waals surface area contributed by atoms with E-state index in [9.17, 15) is 8.78 Å². The van der Waals surface area contributed by atoms with Crippen molar-refractivity contribution in [3.05, 3.63) is 65.7 Å².